The second kappa shape index (κ2) is 9.92. The van der Waals surface area contributed by atoms with Crippen LogP contribution in [0.25, 0.3) is 5.57 Å². The lowest BCUT2D eigenvalue weighted by molar-refractivity contribution is 0.866. The summed E-state index contributed by atoms with van der Waals surface area (Å²) >= 11 is 0. The fraction of sp³-hybridized carbons (Fsp3) is 0.269. The zero-order valence-electron chi connectivity index (χ0n) is 17.9. The first-order valence-corrected chi connectivity index (χ1v) is 10.5. The normalized spacial score (nSPS) is 12.8. The third kappa shape index (κ3) is 4.86. The number of rotatable bonds is 7. The molecule has 0 saturated heterocycles. The minimum Gasteiger partial charge on any atom is -0.388 e. The Hall–Kier alpha value is -3.07. The number of nitrogens with one attached hydrogen (secondary N) is 1. The SMILES string of the molecule is CCN=C1C=CC(=C(c2ccc(NC)cc2)c2ccc(N(CC)CC)cc2)C=C1. The van der Waals surface area contributed by atoms with Crippen LogP contribution in [0.15, 0.2) is 83.4 Å². The van der Waals surface area contributed by atoms with Crippen molar-refractivity contribution in [2.45, 2.75) is 20.8 Å². The van der Waals surface area contributed by atoms with Crippen LogP contribution in [0.5, 0.6) is 0 Å². The van der Waals surface area contributed by atoms with E-state index in [1.807, 2.05) is 7.05 Å². The molecule has 0 radical (unpaired) electrons. The second-order valence-electron chi connectivity index (χ2n) is 6.94. The molecule has 0 heterocycles. The molecule has 1 aliphatic carbocycles. The van der Waals surface area contributed by atoms with Crippen LogP contribution in [0.2, 0.25) is 0 Å². The Labute approximate surface area is 175 Å². The zero-order chi connectivity index (χ0) is 20.6. The van der Waals surface area contributed by atoms with E-state index >= 15 is 0 Å². The fourth-order valence-corrected chi connectivity index (χ4v) is 3.65. The number of hydrogen-bond donors (Lipinski definition) is 1. The van der Waals surface area contributed by atoms with Crippen molar-refractivity contribution in [3.8, 4) is 0 Å². The molecule has 0 aromatic heterocycles. The Morgan fingerprint density at radius 3 is 1.83 bits per heavy atom. The van der Waals surface area contributed by atoms with Crippen molar-refractivity contribution in [3.63, 3.8) is 0 Å². The summed E-state index contributed by atoms with van der Waals surface area (Å²) in [5.74, 6) is 0. The summed E-state index contributed by atoms with van der Waals surface area (Å²) < 4.78 is 0. The van der Waals surface area contributed by atoms with Crippen molar-refractivity contribution < 1.29 is 0 Å². The van der Waals surface area contributed by atoms with E-state index in [1.165, 1.54) is 28.0 Å². The number of hydrogen-bond acceptors (Lipinski definition) is 3. The van der Waals surface area contributed by atoms with E-state index in [-0.39, 0.29) is 0 Å². The second-order valence-corrected chi connectivity index (χ2v) is 6.94. The quantitative estimate of drug-likeness (QED) is 0.636. The fourth-order valence-electron chi connectivity index (χ4n) is 3.65. The van der Waals surface area contributed by atoms with E-state index in [0.29, 0.717) is 0 Å². The van der Waals surface area contributed by atoms with Crippen molar-refractivity contribution >= 4 is 22.7 Å². The summed E-state index contributed by atoms with van der Waals surface area (Å²) in [5, 5.41) is 3.20. The van der Waals surface area contributed by atoms with Crippen LogP contribution in [0.1, 0.15) is 31.9 Å². The van der Waals surface area contributed by atoms with Crippen LogP contribution in [0.3, 0.4) is 0 Å². The predicted molar refractivity (Wildman–Crippen MR) is 128 cm³/mol. The van der Waals surface area contributed by atoms with Crippen LogP contribution < -0.4 is 10.2 Å². The minimum atomic E-state index is 0.800. The van der Waals surface area contributed by atoms with Crippen molar-refractivity contribution in [2.24, 2.45) is 4.99 Å². The molecule has 0 fully saturated rings. The van der Waals surface area contributed by atoms with Crippen LogP contribution in [-0.2, 0) is 0 Å². The monoisotopic (exact) mass is 385 g/mol. The number of nitrogens with zero attached hydrogens (tertiary/aromatic N) is 2. The molecule has 2 aromatic rings. The van der Waals surface area contributed by atoms with Crippen molar-refractivity contribution in [1.29, 1.82) is 0 Å². The highest BCUT2D eigenvalue weighted by Crippen LogP contribution is 2.31. The molecule has 0 saturated carbocycles. The summed E-state index contributed by atoms with van der Waals surface area (Å²) in [7, 11) is 1.95. The van der Waals surface area contributed by atoms with E-state index in [2.05, 4.69) is 109 Å². The van der Waals surface area contributed by atoms with Gasteiger partial charge < -0.3 is 10.2 Å². The maximum absolute atomic E-state index is 4.50. The lowest BCUT2D eigenvalue weighted by atomic mass is 9.90. The van der Waals surface area contributed by atoms with Crippen LogP contribution in [-0.4, -0.2) is 32.4 Å². The highest BCUT2D eigenvalue weighted by atomic mass is 15.1. The van der Waals surface area contributed by atoms with Crippen LogP contribution >= 0.6 is 0 Å². The van der Waals surface area contributed by atoms with Gasteiger partial charge in [-0.2, -0.15) is 0 Å². The Morgan fingerprint density at radius 1 is 0.793 bits per heavy atom. The summed E-state index contributed by atoms with van der Waals surface area (Å²) in [4.78, 5) is 6.87. The Bertz CT molecular complexity index is 907. The molecule has 0 aliphatic heterocycles. The van der Waals surface area contributed by atoms with E-state index in [4.69, 9.17) is 0 Å². The van der Waals surface area contributed by atoms with Gasteiger partial charge in [-0.15, -0.1) is 0 Å². The first kappa shape index (κ1) is 20.7. The highest BCUT2D eigenvalue weighted by molar-refractivity contribution is 6.07. The summed E-state index contributed by atoms with van der Waals surface area (Å²) in [6, 6.07) is 17.5. The first-order chi connectivity index (χ1) is 14.2. The highest BCUT2D eigenvalue weighted by Gasteiger charge is 2.12. The van der Waals surface area contributed by atoms with Gasteiger partial charge in [0.15, 0.2) is 0 Å². The molecule has 0 atom stereocenters. The maximum atomic E-state index is 4.50. The van der Waals surface area contributed by atoms with Gasteiger partial charge in [-0.3, -0.25) is 4.99 Å². The molecule has 3 heteroatoms. The molecule has 2 aromatic carbocycles. The van der Waals surface area contributed by atoms with E-state index in [1.54, 1.807) is 0 Å². The standard InChI is InChI=1S/C26H31N3/c1-5-28-24-16-10-21(11-17-24)26(20-8-14-23(27-4)15-9-20)22-12-18-25(19-13-22)29(6-2)7-3/h8-19,27H,5-7H2,1-4H3. The lowest BCUT2D eigenvalue weighted by Crippen LogP contribution is -2.21. The molecule has 1 aliphatic rings. The number of anilines is 2. The number of allylic oxidation sites excluding steroid dienone is 5. The Kier molecular flexibility index (Phi) is 7.07. The van der Waals surface area contributed by atoms with Crippen LogP contribution in [0, 0.1) is 0 Å². The topological polar surface area (TPSA) is 27.6 Å². The van der Waals surface area contributed by atoms with Gasteiger partial charge >= 0.3 is 0 Å². The van der Waals surface area contributed by atoms with Gasteiger partial charge in [0, 0.05) is 38.1 Å². The lowest BCUT2D eigenvalue weighted by Gasteiger charge is -2.22. The molecule has 0 unspecified atom stereocenters. The smallest absolute Gasteiger partial charge is 0.0574 e. The molecule has 0 spiro atoms. The summed E-state index contributed by atoms with van der Waals surface area (Å²) in [6.45, 7) is 9.28. The van der Waals surface area contributed by atoms with Gasteiger partial charge in [0.1, 0.15) is 0 Å². The van der Waals surface area contributed by atoms with Crippen molar-refractivity contribution in [3.05, 3.63) is 89.5 Å². The number of aliphatic imine (C=N–C) groups is 1. The van der Waals surface area contributed by atoms with Gasteiger partial charge in [0.2, 0.25) is 0 Å². The van der Waals surface area contributed by atoms with Crippen LogP contribution in [0.4, 0.5) is 11.4 Å². The summed E-state index contributed by atoms with van der Waals surface area (Å²) in [5.41, 5.74) is 8.27. The van der Waals surface area contributed by atoms with Gasteiger partial charge in [-0.25, -0.2) is 0 Å². The Balaban J connectivity index is 2.06. The maximum Gasteiger partial charge on any atom is 0.0574 e. The van der Waals surface area contributed by atoms with E-state index < -0.39 is 0 Å². The third-order valence-corrected chi connectivity index (χ3v) is 5.24. The minimum absolute atomic E-state index is 0.800. The van der Waals surface area contributed by atoms with Gasteiger partial charge in [-0.1, -0.05) is 36.4 Å². The molecule has 3 nitrogen and oxygen atoms in total. The Morgan fingerprint density at radius 2 is 1.34 bits per heavy atom. The largest absolute Gasteiger partial charge is 0.388 e. The van der Waals surface area contributed by atoms with Gasteiger partial charge in [0.05, 0.1) is 5.71 Å². The van der Waals surface area contributed by atoms with Crippen molar-refractivity contribution in [1.82, 2.24) is 0 Å². The van der Waals surface area contributed by atoms with Crippen molar-refractivity contribution in [2.75, 3.05) is 36.9 Å². The average molecular weight is 386 g/mol. The van der Waals surface area contributed by atoms with E-state index in [0.717, 1.165) is 31.0 Å². The molecule has 0 bridgehead atoms. The first-order valence-electron chi connectivity index (χ1n) is 10.5. The van der Waals surface area contributed by atoms with Gasteiger partial charge in [-0.05, 0) is 79.5 Å². The third-order valence-electron chi connectivity index (χ3n) is 5.24. The molecule has 150 valence electrons. The van der Waals surface area contributed by atoms with Gasteiger partial charge in [0.25, 0.3) is 0 Å². The number of benzene rings is 2. The van der Waals surface area contributed by atoms with E-state index in [9.17, 15) is 0 Å². The molecule has 29 heavy (non-hydrogen) atoms. The average Bonchev–Trinajstić information content (AvgIpc) is 2.78. The molecule has 3 rings (SSSR count). The molecular formula is C26H31N3. The molecule has 0 amide bonds. The molecular weight excluding hydrogens is 354 g/mol. The zero-order valence-corrected chi connectivity index (χ0v) is 17.9. The predicted octanol–water partition coefficient (Wildman–Crippen LogP) is 5.96. The summed E-state index contributed by atoms with van der Waals surface area (Å²) in [6.07, 6.45) is 8.55. The molecule has 1 N–H and O–H groups in total.